The summed E-state index contributed by atoms with van der Waals surface area (Å²) < 4.78 is 0.952. The zero-order valence-electron chi connectivity index (χ0n) is 13.0. The minimum Gasteiger partial charge on any atom is -0.358 e. The van der Waals surface area contributed by atoms with Crippen LogP contribution in [0.1, 0.15) is 31.2 Å². The average molecular weight is 391 g/mol. The first-order chi connectivity index (χ1) is 11.0. The van der Waals surface area contributed by atoms with Crippen LogP contribution in [-0.4, -0.2) is 34.0 Å². The van der Waals surface area contributed by atoms with Crippen LogP contribution in [0.25, 0.3) is 0 Å². The van der Waals surface area contributed by atoms with Gasteiger partial charge in [-0.25, -0.2) is 0 Å². The zero-order valence-corrected chi connectivity index (χ0v) is 16.2. The van der Waals surface area contributed by atoms with E-state index in [1.54, 1.807) is 17.8 Å². The third-order valence-corrected chi connectivity index (χ3v) is 6.10. The van der Waals surface area contributed by atoms with Crippen molar-refractivity contribution < 1.29 is 4.79 Å². The molecule has 0 bridgehead atoms. The minimum absolute atomic E-state index is 0.0768. The van der Waals surface area contributed by atoms with Gasteiger partial charge in [0.05, 0.1) is 15.7 Å². The molecule has 0 atom stereocenters. The minimum atomic E-state index is -0.0768. The number of hydrogen-bond donors (Lipinski definition) is 1. The second kappa shape index (κ2) is 9.11. The molecule has 1 aromatic carbocycles. The lowest BCUT2D eigenvalue weighted by atomic mass is 10.2. The summed E-state index contributed by atoms with van der Waals surface area (Å²) in [4.78, 5) is 14.3. The van der Waals surface area contributed by atoms with Crippen LogP contribution >= 0.6 is 47.2 Å². The Hall–Kier alpha value is -0.490. The Labute approximate surface area is 157 Å². The largest absolute Gasteiger partial charge is 0.358 e. The van der Waals surface area contributed by atoms with Crippen LogP contribution in [0, 0.1) is 6.92 Å². The van der Waals surface area contributed by atoms with Gasteiger partial charge in [0, 0.05) is 25.3 Å². The summed E-state index contributed by atoms with van der Waals surface area (Å²) >= 11 is 19.3. The van der Waals surface area contributed by atoms with Gasteiger partial charge in [-0.3, -0.25) is 4.79 Å². The third-order valence-electron chi connectivity index (χ3n) is 3.69. The molecule has 1 aliphatic heterocycles. The van der Waals surface area contributed by atoms with Crippen molar-refractivity contribution in [1.82, 2.24) is 4.90 Å². The van der Waals surface area contributed by atoms with E-state index in [1.807, 2.05) is 13.0 Å². The standard InChI is InChI=1S/C16H20Cl2N2OS2/c1-11-6-7-12(17)15(14(11)18)19-13(21)5-4-10-23-16(22)20-8-2-3-9-20/h6-7H,2-5,8-10H2,1H3,(H,19,21). The van der Waals surface area contributed by atoms with Gasteiger partial charge in [-0.15, -0.1) is 0 Å². The van der Waals surface area contributed by atoms with Gasteiger partial charge in [0.25, 0.3) is 0 Å². The van der Waals surface area contributed by atoms with Gasteiger partial charge >= 0.3 is 0 Å². The number of aryl methyl sites for hydroxylation is 1. The fourth-order valence-electron chi connectivity index (χ4n) is 2.36. The maximum Gasteiger partial charge on any atom is 0.224 e. The second-order valence-electron chi connectivity index (χ2n) is 5.51. The molecule has 1 fully saturated rings. The number of carbonyl (C=O) groups is 1. The molecule has 0 unspecified atom stereocenters. The van der Waals surface area contributed by atoms with Crippen LogP contribution in [0.2, 0.25) is 10.0 Å². The number of likely N-dealkylation sites (tertiary alicyclic amines) is 1. The summed E-state index contributed by atoms with van der Waals surface area (Å²) in [5, 5.41) is 3.76. The van der Waals surface area contributed by atoms with Gasteiger partial charge in [0.15, 0.2) is 0 Å². The second-order valence-corrected chi connectivity index (χ2v) is 8.03. The quantitative estimate of drug-likeness (QED) is 0.557. The number of hydrogen-bond acceptors (Lipinski definition) is 3. The number of nitrogens with one attached hydrogen (secondary N) is 1. The topological polar surface area (TPSA) is 32.3 Å². The summed E-state index contributed by atoms with van der Waals surface area (Å²) in [5.74, 6) is 0.769. The highest BCUT2D eigenvalue weighted by Crippen LogP contribution is 2.33. The van der Waals surface area contributed by atoms with E-state index in [1.165, 1.54) is 12.8 Å². The molecule has 1 amide bonds. The van der Waals surface area contributed by atoms with Crippen molar-refractivity contribution in [3.05, 3.63) is 27.7 Å². The van der Waals surface area contributed by atoms with Crippen molar-refractivity contribution in [2.45, 2.75) is 32.6 Å². The highest BCUT2D eigenvalue weighted by atomic mass is 35.5. The highest BCUT2D eigenvalue weighted by molar-refractivity contribution is 8.22. The maximum absolute atomic E-state index is 12.0. The normalized spacial score (nSPS) is 14.1. The molecule has 0 spiro atoms. The first-order valence-corrected chi connectivity index (χ1v) is 9.80. The molecule has 3 nitrogen and oxygen atoms in total. The molecule has 1 saturated heterocycles. The van der Waals surface area contributed by atoms with E-state index in [-0.39, 0.29) is 5.91 Å². The number of benzene rings is 1. The third kappa shape index (κ3) is 5.52. The summed E-state index contributed by atoms with van der Waals surface area (Å²) in [5.41, 5.74) is 1.39. The Bertz CT molecular complexity index is 590. The molecule has 0 radical (unpaired) electrons. The number of rotatable bonds is 5. The van der Waals surface area contributed by atoms with Crippen molar-refractivity contribution in [1.29, 1.82) is 0 Å². The van der Waals surface area contributed by atoms with E-state index < -0.39 is 0 Å². The number of halogens is 2. The molecule has 0 aromatic heterocycles. The molecule has 1 aromatic rings. The summed E-state index contributed by atoms with van der Waals surface area (Å²) in [6, 6.07) is 3.57. The number of thioether (sulfide) groups is 1. The van der Waals surface area contributed by atoms with Crippen molar-refractivity contribution in [2.24, 2.45) is 0 Å². The molecule has 1 heterocycles. The van der Waals surface area contributed by atoms with Crippen LogP contribution in [0.4, 0.5) is 5.69 Å². The molecular weight excluding hydrogens is 371 g/mol. The first kappa shape index (κ1) is 18.8. The van der Waals surface area contributed by atoms with E-state index >= 15 is 0 Å². The lowest BCUT2D eigenvalue weighted by Gasteiger charge is -2.17. The van der Waals surface area contributed by atoms with E-state index in [2.05, 4.69) is 10.2 Å². The van der Waals surface area contributed by atoms with Gasteiger partial charge < -0.3 is 10.2 Å². The van der Waals surface area contributed by atoms with Crippen molar-refractivity contribution in [3.8, 4) is 0 Å². The lowest BCUT2D eigenvalue weighted by molar-refractivity contribution is -0.116. The van der Waals surface area contributed by atoms with E-state index in [0.717, 1.165) is 35.1 Å². The summed E-state index contributed by atoms with van der Waals surface area (Å²) in [6.07, 6.45) is 3.64. The van der Waals surface area contributed by atoms with Crippen LogP contribution in [0.15, 0.2) is 12.1 Å². The number of carbonyl (C=O) groups excluding carboxylic acids is 1. The number of nitrogens with zero attached hydrogens (tertiary/aromatic N) is 1. The fraction of sp³-hybridized carbons (Fsp3) is 0.500. The Morgan fingerprint density at radius 1 is 1.35 bits per heavy atom. The maximum atomic E-state index is 12.0. The molecule has 0 aliphatic carbocycles. The number of amides is 1. The predicted molar refractivity (Wildman–Crippen MR) is 105 cm³/mol. The Morgan fingerprint density at radius 2 is 2.04 bits per heavy atom. The molecule has 1 N–H and O–H groups in total. The number of thiocarbonyl (C=S) groups is 1. The monoisotopic (exact) mass is 390 g/mol. The smallest absolute Gasteiger partial charge is 0.224 e. The van der Waals surface area contributed by atoms with Crippen LogP contribution in [0.5, 0.6) is 0 Å². The Balaban J connectivity index is 1.73. The van der Waals surface area contributed by atoms with Crippen LogP contribution in [-0.2, 0) is 4.79 Å². The molecule has 0 saturated carbocycles. The first-order valence-electron chi connectivity index (χ1n) is 7.65. The van der Waals surface area contributed by atoms with Gasteiger partial charge in [0.2, 0.25) is 5.91 Å². The molecule has 2 rings (SSSR count). The summed E-state index contributed by atoms with van der Waals surface area (Å²) in [6.45, 7) is 4.01. The van der Waals surface area contributed by atoms with Crippen molar-refractivity contribution in [2.75, 3.05) is 24.2 Å². The average Bonchev–Trinajstić information content (AvgIpc) is 3.06. The van der Waals surface area contributed by atoms with Gasteiger partial charge in [-0.05, 0) is 37.8 Å². The predicted octanol–water partition coefficient (Wildman–Crippen LogP) is 5.13. The molecule has 126 valence electrons. The van der Waals surface area contributed by atoms with E-state index in [0.29, 0.717) is 22.2 Å². The van der Waals surface area contributed by atoms with Crippen LogP contribution in [0.3, 0.4) is 0 Å². The zero-order chi connectivity index (χ0) is 16.8. The van der Waals surface area contributed by atoms with Gasteiger partial charge in [-0.2, -0.15) is 0 Å². The number of anilines is 1. The summed E-state index contributed by atoms with van der Waals surface area (Å²) in [7, 11) is 0. The molecule has 1 aliphatic rings. The SMILES string of the molecule is Cc1ccc(Cl)c(NC(=O)CCCSC(=S)N2CCCC2)c1Cl. The molecule has 23 heavy (non-hydrogen) atoms. The Morgan fingerprint density at radius 3 is 2.74 bits per heavy atom. The van der Waals surface area contributed by atoms with Gasteiger partial charge in [-0.1, -0.05) is 53.2 Å². The van der Waals surface area contributed by atoms with Gasteiger partial charge in [0.1, 0.15) is 4.32 Å². The molecule has 7 heteroatoms. The highest BCUT2D eigenvalue weighted by Gasteiger charge is 2.15. The van der Waals surface area contributed by atoms with E-state index in [4.69, 9.17) is 35.4 Å². The Kier molecular flexibility index (Phi) is 7.47. The lowest BCUT2D eigenvalue weighted by Crippen LogP contribution is -2.23. The van der Waals surface area contributed by atoms with E-state index in [9.17, 15) is 4.79 Å². The fourth-order valence-corrected chi connectivity index (χ4v) is 4.08. The molecular formula is C16H20Cl2N2OS2. The van der Waals surface area contributed by atoms with Crippen LogP contribution < -0.4 is 5.32 Å². The van der Waals surface area contributed by atoms with Crippen molar-refractivity contribution in [3.63, 3.8) is 0 Å². The van der Waals surface area contributed by atoms with Crippen molar-refractivity contribution >= 4 is 63.1 Å².